The van der Waals surface area contributed by atoms with Crippen molar-refractivity contribution < 1.29 is 23.2 Å². The molecular formula is C21H24ClFN2O4. The second-order valence-corrected chi connectivity index (χ2v) is 7.69. The summed E-state index contributed by atoms with van der Waals surface area (Å²) in [5.41, 5.74) is 0.545. The van der Waals surface area contributed by atoms with Gasteiger partial charge in [-0.15, -0.1) is 0 Å². The van der Waals surface area contributed by atoms with E-state index in [-0.39, 0.29) is 45.7 Å². The molecule has 1 saturated carbocycles. The lowest BCUT2D eigenvalue weighted by Gasteiger charge is -2.29. The number of amides is 1. The van der Waals surface area contributed by atoms with Crippen LogP contribution in [0.3, 0.4) is 0 Å². The minimum atomic E-state index is -0.588. The minimum absolute atomic E-state index is 0.0157. The normalized spacial score (nSPS) is 19.0. The predicted molar refractivity (Wildman–Crippen MR) is 106 cm³/mol. The van der Waals surface area contributed by atoms with Crippen LogP contribution in [0.5, 0.6) is 0 Å². The number of carbonyl (C=O) groups excluding carboxylic acids is 2. The zero-order chi connectivity index (χ0) is 21.0. The first-order chi connectivity index (χ1) is 13.9. The second kappa shape index (κ2) is 9.39. The predicted octanol–water partition coefficient (Wildman–Crippen LogP) is 4.68. The highest BCUT2D eigenvalue weighted by atomic mass is 35.5. The molecule has 0 spiro atoms. The Balaban J connectivity index is 1.75. The van der Waals surface area contributed by atoms with Crippen LogP contribution >= 0.6 is 11.6 Å². The number of nitrogens with one attached hydrogen (secondary N) is 1. The van der Waals surface area contributed by atoms with Gasteiger partial charge in [0.25, 0.3) is 5.91 Å². The van der Waals surface area contributed by atoms with Crippen LogP contribution in [0.15, 0.2) is 22.7 Å². The smallest absolute Gasteiger partial charge is 0.306 e. The van der Waals surface area contributed by atoms with Gasteiger partial charge in [-0.1, -0.05) is 29.2 Å². The molecular weight excluding hydrogens is 399 g/mol. The van der Waals surface area contributed by atoms with Gasteiger partial charge in [-0.2, -0.15) is 0 Å². The molecule has 1 amide bonds. The van der Waals surface area contributed by atoms with Crippen LogP contribution in [0.4, 0.5) is 4.39 Å². The van der Waals surface area contributed by atoms with Gasteiger partial charge >= 0.3 is 5.97 Å². The van der Waals surface area contributed by atoms with Gasteiger partial charge in [-0.3, -0.25) is 9.59 Å². The van der Waals surface area contributed by atoms with Crippen LogP contribution in [-0.2, 0) is 9.53 Å². The van der Waals surface area contributed by atoms with Gasteiger partial charge in [-0.25, -0.2) is 4.39 Å². The van der Waals surface area contributed by atoms with Crippen molar-refractivity contribution in [3.8, 4) is 11.3 Å². The van der Waals surface area contributed by atoms with E-state index < -0.39 is 5.82 Å². The minimum Gasteiger partial charge on any atom is -0.466 e. The number of aryl methyl sites for hydroxylation is 1. The molecule has 1 aliphatic rings. The first-order valence-corrected chi connectivity index (χ1v) is 10.2. The van der Waals surface area contributed by atoms with E-state index in [1.165, 1.54) is 18.2 Å². The van der Waals surface area contributed by atoms with Crippen molar-refractivity contribution in [2.75, 3.05) is 6.61 Å². The van der Waals surface area contributed by atoms with Crippen LogP contribution in [0.25, 0.3) is 11.3 Å². The third-order valence-electron chi connectivity index (χ3n) is 5.16. The van der Waals surface area contributed by atoms with Gasteiger partial charge in [-0.05, 0) is 51.2 Å². The number of carbonyl (C=O) groups is 2. The second-order valence-electron chi connectivity index (χ2n) is 7.28. The topological polar surface area (TPSA) is 81.4 Å². The van der Waals surface area contributed by atoms with Gasteiger partial charge in [0.15, 0.2) is 5.76 Å². The number of benzene rings is 1. The van der Waals surface area contributed by atoms with Crippen LogP contribution in [0.2, 0.25) is 5.02 Å². The average Bonchev–Trinajstić information content (AvgIpc) is 3.03. The summed E-state index contributed by atoms with van der Waals surface area (Å²) in [4.78, 5) is 24.7. The summed E-state index contributed by atoms with van der Waals surface area (Å²) in [5.74, 6) is -1.01. The van der Waals surface area contributed by atoms with E-state index in [1.54, 1.807) is 13.8 Å². The first kappa shape index (κ1) is 21.3. The van der Waals surface area contributed by atoms with Crippen LogP contribution in [0, 0.1) is 18.7 Å². The van der Waals surface area contributed by atoms with Crippen molar-refractivity contribution in [2.45, 2.75) is 52.0 Å². The van der Waals surface area contributed by atoms with E-state index >= 15 is 0 Å². The van der Waals surface area contributed by atoms with Crippen molar-refractivity contribution in [3.63, 3.8) is 0 Å². The fourth-order valence-electron chi connectivity index (χ4n) is 3.84. The molecule has 1 aliphatic carbocycles. The van der Waals surface area contributed by atoms with Gasteiger partial charge in [0, 0.05) is 12.5 Å². The number of halogens is 2. The maximum absolute atomic E-state index is 14.3. The number of esters is 1. The molecule has 156 valence electrons. The maximum atomic E-state index is 14.3. The Morgan fingerprint density at radius 2 is 2.17 bits per heavy atom. The number of nitrogens with zero attached hydrogens (tertiary/aromatic N) is 1. The molecule has 2 aromatic rings. The summed E-state index contributed by atoms with van der Waals surface area (Å²) in [5, 5.41) is 6.97. The van der Waals surface area contributed by atoms with Gasteiger partial charge in [0.1, 0.15) is 11.4 Å². The Morgan fingerprint density at radius 3 is 2.90 bits per heavy atom. The highest BCUT2D eigenvalue weighted by Gasteiger charge is 2.30. The van der Waals surface area contributed by atoms with Crippen molar-refractivity contribution >= 4 is 23.5 Å². The number of ether oxygens (including phenoxy) is 1. The molecule has 1 aromatic carbocycles. The number of hydrogen-bond donors (Lipinski definition) is 1. The third kappa shape index (κ3) is 4.96. The summed E-state index contributed by atoms with van der Waals surface area (Å²) in [7, 11) is 0. The number of aromatic nitrogens is 1. The van der Waals surface area contributed by atoms with Crippen molar-refractivity contribution in [3.05, 3.63) is 40.3 Å². The van der Waals surface area contributed by atoms with Crippen LogP contribution in [-0.4, -0.2) is 29.7 Å². The molecule has 0 bridgehead atoms. The lowest BCUT2D eigenvalue weighted by molar-refractivity contribution is -0.144. The molecule has 3 rings (SSSR count). The SMILES string of the molecule is CCOC(=O)CC1CCCC(NC(=O)c2c(C)noc2-c2c(F)cccc2Cl)C1. The highest BCUT2D eigenvalue weighted by molar-refractivity contribution is 6.33. The molecule has 0 radical (unpaired) electrons. The van der Waals surface area contributed by atoms with Crippen LogP contribution in [0.1, 0.15) is 55.1 Å². The monoisotopic (exact) mass is 422 g/mol. The van der Waals surface area contributed by atoms with E-state index in [2.05, 4.69) is 10.5 Å². The zero-order valence-corrected chi connectivity index (χ0v) is 17.2. The lowest BCUT2D eigenvalue weighted by Crippen LogP contribution is -2.39. The van der Waals surface area contributed by atoms with Crippen LogP contribution < -0.4 is 5.32 Å². The van der Waals surface area contributed by atoms with E-state index in [9.17, 15) is 14.0 Å². The van der Waals surface area contributed by atoms with E-state index in [4.69, 9.17) is 20.9 Å². The lowest BCUT2D eigenvalue weighted by atomic mass is 9.83. The Bertz CT molecular complexity index is 879. The molecule has 0 aliphatic heterocycles. The Kier molecular flexibility index (Phi) is 6.90. The van der Waals surface area contributed by atoms with E-state index in [0.29, 0.717) is 25.1 Å². The van der Waals surface area contributed by atoms with Gasteiger partial charge < -0.3 is 14.6 Å². The molecule has 8 heteroatoms. The molecule has 1 N–H and O–H groups in total. The number of hydrogen-bond acceptors (Lipinski definition) is 5. The molecule has 0 saturated heterocycles. The molecule has 2 atom stereocenters. The van der Waals surface area contributed by atoms with E-state index in [1.807, 2.05) is 0 Å². The van der Waals surface area contributed by atoms with Gasteiger partial charge in [0.2, 0.25) is 0 Å². The fraction of sp³-hybridized carbons (Fsp3) is 0.476. The Hall–Kier alpha value is -2.41. The quantitative estimate of drug-likeness (QED) is 0.683. The third-order valence-corrected chi connectivity index (χ3v) is 5.47. The summed E-state index contributed by atoms with van der Waals surface area (Å²) < 4.78 is 24.6. The molecule has 6 nitrogen and oxygen atoms in total. The molecule has 2 unspecified atom stereocenters. The molecule has 1 aromatic heterocycles. The Labute approximate surface area is 173 Å². The highest BCUT2D eigenvalue weighted by Crippen LogP contribution is 2.35. The van der Waals surface area contributed by atoms with Crippen molar-refractivity contribution in [2.24, 2.45) is 5.92 Å². The zero-order valence-electron chi connectivity index (χ0n) is 16.5. The fourth-order valence-corrected chi connectivity index (χ4v) is 4.09. The molecule has 1 fully saturated rings. The molecule has 29 heavy (non-hydrogen) atoms. The summed E-state index contributed by atoms with van der Waals surface area (Å²) in [6.45, 7) is 3.77. The Morgan fingerprint density at radius 1 is 1.38 bits per heavy atom. The van der Waals surface area contributed by atoms with Gasteiger partial charge in [0.05, 0.1) is 22.9 Å². The maximum Gasteiger partial charge on any atom is 0.306 e. The summed E-state index contributed by atoms with van der Waals surface area (Å²) in [6.07, 6.45) is 3.68. The van der Waals surface area contributed by atoms with Crippen molar-refractivity contribution in [1.29, 1.82) is 0 Å². The largest absolute Gasteiger partial charge is 0.466 e. The average molecular weight is 423 g/mol. The van der Waals surface area contributed by atoms with E-state index in [0.717, 1.165) is 19.3 Å². The molecule has 1 heterocycles. The first-order valence-electron chi connectivity index (χ1n) is 9.77. The number of rotatable bonds is 6. The standard InChI is InChI=1S/C21H24ClFN2O4/c1-3-28-17(26)11-13-6-4-7-14(10-13)24-21(27)18-12(2)25-29-20(18)19-15(22)8-5-9-16(19)23/h5,8-9,13-14H,3-4,6-7,10-11H2,1-2H3,(H,24,27). The summed E-state index contributed by atoms with van der Waals surface area (Å²) >= 11 is 6.13. The summed E-state index contributed by atoms with van der Waals surface area (Å²) in [6, 6.07) is 4.17. The van der Waals surface area contributed by atoms with Crippen molar-refractivity contribution in [1.82, 2.24) is 10.5 Å².